The van der Waals surface area contributed by atoms with Crippen molar-refractivity contribution in [1.82, 2.24) is 0 Å². The Morgan fingerprint density at radius 1 is 1.18 bits per heavy atom. The first kappa shape index (κ1) is 10.9. The van der Waals surface area contributed by atoms with Gasteiger partial charge >= 0.3 is 0 Å². The maximum atomic E-state index is 10.9. The monoisotopic (exact) mass is 159 g/mol. The fourth-order valence-electron chi connectivity index (χ4n) is 0.813. The van der Waals surface area contributed by atoms with E-state index in [0.717, 1.165) is 25.7 Å². The summed E-state index contributed by atoms with van der Waals surface area (Å²) >= 11 is 0. The van der Waals surface area contributed by atoms with Gasteiger partial charge in [-0.05, 0) is 12.8 Å². The van der Waals surface area contributed by atoms with Crippen molar-refractivity contribution in [3.63, 3.8) is 0 Å². The standard InChI is InChI=1S/C9H19O2/c1-3-5-7-9(10)11-8-6-4-2/h9H,3-8H2,1-2H3. The Morgan fingerprint density at radius 2 is 1.82 bits per heavy atom. The first-order valence-corrected chi connectivity index (χ1v) is 4.58. The third-order valence-corrected chi connectivity index (χ3v) is 1.60. The molecule has 0 aromatic heterocycles. The van der Waals surface area contributed by atoms with Crippen LogP contribution in [0.4, 0.5) is 0 Å². The van der Waals surface area contributed by atoms with E-state index in [1.807, 2.05) is 0 Å². The molecule has 1 unspecified atom stereocenters. The lowest BCUT2D eigenvalue weighted by Crippen LogP contribution is -2.10. The highest BCUT2D eigenvalue weighted by Gasteiger charge is 2.03. The molecule has 0 fully saturated rings. The minimum Gasteiger partial charge on any atom is -0.350 e. The Morgan fingerprint density at radius 3 is 2.36 bits per heavy atom. The fourth-order valence-corrected chi connectivity index (χ4v) is 0.813. The summed E-state index contributed by atoms with van der Waals surface area (Å²) in [5.74, 6) is 0. The highest BCUT2D eigenvalue weighted by molar-refractivity contribution is 4.42. The maximum Gasteiger partial charge on any atom is 0.191 e. The highest BCUT2D eigenvalue weighted by atomic mass is 16.6. The van der Waals surface area contributed by atoms with E-state index < -0.39 is 6.29 Å². The molecule has 67 valence electrons. The molecule has 11 heavy (non-hydrogen) atoms. The molecule has 0 aliphatic heterocycles. The van der Waals surface area contributed by atoms with Gasteiger partial charge in [-0.1, -0.05) is 26.7 Å². The third kappa shape index (κ3) is 7.82. The van der Waals surface area contributed by atoms with Crippen LogP contribution in [0.2, 0.25) is 0 Å². The second-order valence-corrected chi connectivity index (χ2v) is 2.80. The molecular formula is C9H19O2. The summed E-state index contributed by atoms with van der Waals surface area (Å²) in [5.41, 5.74) is 0. The van der Waals surface area contributed by atoms with Crippen molar-refractivity contribution < 1.29 is 9.84 Å². The van der Waals surface area contributed by atoms with E-state index in [0.29, 0.717) is 13.0 Å². The van der Waals surface area contributed by atoms with Crippen molar-refractivity contribution in [3.8, 4) is 0 Å². The zero-order valence-electron chi connectivity index (χ0n) is 7.64. The van der Waals surface area contributed by atoms with Crippen LogP contribution in [-0.4, -0.2) is 12.9 Å². The van der Waals surface area contributed by atoms with Gasteiger partial charge < -0.3 is 4.74 Å². The van der Waals surface area contributed by atoms with Gasteiger partial charge in [0.15, 0.2) is 6.29 Å². The molecule has 2 nitrogen and oxygen atoms in total. The quantitative estimate of drug-likeness (QED) is 0.415. The molecule has 0 bridgehead atoms. The van der Waals surface area contributed by atoms with Crippen molar-refractivity contribution in [2.45, 2.75) is 52.2 Å². The van der Waals surface area contributed by atoms with Gasteiger partial charge in [0.1, 0.15) is 0 Å². The molecule has 0 aromatic rings. The normalized spacial score (nSPS) is 13.4. The minimum absolute atomic E-state index is 0.633. The molecule has 0 heterocycles. The number of ether oxygens (including phenoxy) is 1. The van der Waals surface area contributed by atoms with E-state index in [-0.39, 0.29) is 0 Å². The summed E-state index contributed by atoms with van der Waals surface area (Å²) in [6, 6.07) is 0. The second-order valence-electron chi connectivity index (χ2n) is 2.80. The second kappa shape index (κ2) is 8.02. The lowest BCUT2D eigenvalue weighted by atomic mass is 10.2. The van der Waals surface area contributed by atoms with Crippen LogP contribution in [0.1, 0.15) is 46.0 Å². The van der Waals surface area contributed by atoms with Gasteiger partial charge in [-0.25, -0.2) is 5.11 Å². The highest BCUT2D eigenvalue weighted by Crippen LogP contribution is 2.03. The molecule has 2 heteroatoms. The number of unbranched alkanes of at least 4 members (excludes halogenated alkanes) is 2. The molecule has 0 saturated carbocycles. The van der Waals surface area contributed by atoms with E-state index >= 15 is 0 Å². The zero-order valence-corrected chi connectivity index (χ0v) is 7.64. The Hall–Kier alpha value is -0.0800. The van der Waals surface area contributed by atoms with E-state index in [4.69, 9.17) is 4.74 Å². The predicted molar refractivity (Wildman–Crippen MR) is 44.9 cm³/mol. The van der Waals surface area contributed by atoms with Gasteiger partial charge in [0, 0.05) is 13.0 Å². The summed E-state index contributed by atoms with van der Waals surface area (Å²) in [6.45, 7) is 4.81. The van der Waals surface area contributed by atoms with Crippen molar-refractivity contribution in [2.75, 3.05) is 6.61 Å². The van der Waals surface area contributed by atoms with Gasteiger partial charge in [0.2, 0.25) is 0 Å². The van der Waals surface area contributed by atoms with Crippen molar-refractivity contribution in [3.05, 3.63) is 0 Å². The average molecular weight is 159 g/mol. The van der Waals surface area contributed by atoms with Crippen LogP contribution in [0.15, 0.2) is 0 Å². The van der Waals surface area contributed by atoms with Crippen molar-refractivity contribution in [2.24, 2.45) is 0 Å². The molecule has 0 aliphatic rings. The summed E-state index contributed by atoms with van der Waals surface area (Å²) in [7, 11) is 0. The number of rotatable bonds is 7. The fraction of sp³-hybridized carbons (Fsp3) is 1.00. The molecule has 0 amide bonds. The lowest BCUT2D eigenvalue weighted by molar-refractivity contribution is -0.144. The molecule has 0 N–H and O–H groups in total. The predicted octanol–water partition coefficient (Wildman–Crippen LogP) is 2.75. The van der Waals surface area contributed by atoms with Crippen LogP contribution in [0.5, 0.6) is 0 Å². The van der Waals surface area contributed by atoms with Gasteiger partial charge in [-0.15, -0.1) is 0 Å². The Labute approximate surface area is 69.6 Å². The van der Waals surface area contributed by atoms with Crippen LogP contribution in [-0.2, 0) is 9.84 Å². The Kier molecular flexibility index (Phi) is 7.96. The van der Waals surface area contributed by atoms with Crippen LogP contribution < -0.4 is 0 Å². The maximum absolute atomic E-state index is 10.9. The Balaban J connectivity index is 3.02. The van der Waals surface area contributed by atoms with E-state index in [1.165, 1.54) is 0 Å². The molecule has 0 saturated heterocycles. The van der Waals surface area contributed by atoms with E-state index in [9.17, 15) is 5.11 Å². The lowest BCUT2D eigenvalue weighted by Gasteiger charge is -2.07. The number of hydrogen-bond donors (Lipinski definition) is 0. The van der Waals surface area contributed by atoms with Crippen LogP contribution in [0.3, 0.4) is 0 Å². The molecule has 0 aromatic carbocycles. The largest absolute Gasteiger partial charge is 0.350 e. The van der Waals surface area contributed by atoms with E-state index in [2.05, 4.69) is 13.8 Å². The smallest absolute Gasteiger partial charge is 0.191 e. The first-order valence-electron chi connectivity index (χ1n) is 4.58. The zero-order chi connectivity index (χ0) is 8.53. The van der Waals surface area contributed by atoms with Crippen molar-refractivity contribution in [1.29, 1.82) is 0 Å². The summed E-state index contributed by atoms with van der Waals surface area (Å²) < 4.78 is 5.03. The van der Waals surface area contributed by atoms with E-state index in [1.54, 1.807) is 0 Å². The molecular weight excluding hydrogens is 140 g/mol. The molecule has 0 rings (SSSR count). The van der Waals surface area contributed by atoms with Gasteiger partial charge in [0.25, 0.3) is 0 Å². The SMILES string of the molecule is CCCCOC([O])CCCC. The van der Waals surface area contributed by atoms with Gasteiger partial charge in [-0.2, -0.15) is 0 Å². The summed E-state index contributed by atoms with van der Waals surface area (Å²) in [4.78, 5) is 0. The minimum atomic E-state index is -0.776. The van der Waals surface area contributed by atoms with Crippen molar-refractivity contribution >= 4 is 0 Å². The van der Waals surface area contributed by atoms with Gasteiger partial charge in [-0.3, -0.25) is 0 Å². The molecule has 1 atom stereocenters. The number of hydrogen-bond acceptors (Lipinski definition) is 1. The Bertz CT molecular complexity index is 74.0. The molecule has 0 aliphatic carbocycles. The average Bonchev–Trinajstić information content (AvgIpc) is 2.01. The van der Waals surface area contributed by atoms with Crippen LogP contribution >= 0.6 is 0 Å². The molecule has 1 radical (unpaired) electrons. The first-order chi connectivity index (χ1) is 5.31. The summed E-state index contributed by atoms with van der Waals surface area (Å²) in [5, 5.41) is 10.9. The third-order valence-electron chi connectivity index (χ3n) is 1.60. The van der Waals surface area contributed by atoms with Crippen LogP contribution in [0, 0.1) is 0 Å². The topological polar surface area (TPSA) is 29.1 Å². The van der Waals surface area contributed by atoms with Gasteiger partial charge in [0.05, 0.1) is 0 Å². The molecule has 0 spiro atoms. The van der Waals surface area contributed by atoms with Crippen LogP contribution in [0.25, 0.3) is 0 Å². The summed E-state index contributed by atoms with van der Waals surface area (Å²) in [6.07, 6.45) is 4.06.